The molecule has 0 saturated heterocycles. The monoisotopic (exact) mass is 1410 g/mol. The van der Waals surface area contributed by atoms with Crippen molar-refractivity contribution in [2.45, 2.75) is 89.2 Å². The van der Waals surface area contributed by atoms with E-state index in [-0.39, 0.29) is 125 Å². The summed E-state index contributed by atoms with van der Waals surface area (Å²) in [5.74, 6) is -1.72. The maximum absolute atomic E-state index is 13.0. The zero-order valence-electron chi connectivity index (χ0n) is 52.1. The molecule has 0 fully saturated rings. The second-order valence-corrected chi connectivity index (χ2v) is 29.2. The predicted molar refractivity (Wildman–Crippen MR) is 339 cm³/mol. The number of carboxylic acid groups (broad SMARTS) is 1. The van der Waals surface area contributed by atoms with E-state index in [9.17, 15) is 74.8 Å². The molecule has 28 nitrogen and oxygen atoms in total. The van der Waals surface area contributed by atoms with Crippen LogP contribution in [0.25, 0.3) is 21.5 Å². The first kappa shape index (κ1) is 76.8. The van der Waals surface area contributed by atoms with Crippen molar-refractivity contribution < 1.29 is 122 Å². The Labute approximate surface area is 542 Å². The Balaban J connectivity index is 1.47. The van der Waals surface area contributed by atoms with E-state index >= 15 is 0 Å². The Morgan fingerprint density at radius 3 is 1.54 bits per heavy atom. The number of allylic oxidation sites excluding steroid dienone is 6. The Morgan fingerprint density at radius 1 is 0.538 bits per heavy atom. The maximum atomic E-state index is 13.0. The Bertz CT molecular complexity index is 3970. The average molecular weight is 1410 g/mol. The van der Waals surface area contributed by atoms with Gasteiger partial charge in [0.2, 0.25) is 5.69 Å². The van der Waals surface area contributed by atoms with Crippen molar-refractivity contribution in [1.29, 1.82) is 0 Å². The average Bonchev–Trinajstić information content (AvgIpc) is 1.62. The lowest BCUT2D eigenvalue weighted by molar-refractivity contribution is -0.442. The summed E-state index contributed by atoms with van der Waals surface area (Å²) in [6.45, 7) is 7.94. The standard InChI is InChI=1S/C60H82N2O26S5/c1-59(19-11-39-89(65,66)67)54(62(22-24-83-30-32-87-37-38-88-36-34-85-28-26-81-4)51-18-16-46-48(57(51)59)40-44(90(68,69)70)42-52(46)92(74,75)76)12-7-5-8-13-55-60(2,20-23-82-29-31-86-35-33-84-27-25-80-3)58-49-41-45(91(71,72)73)43-53(93(77,78)79)47(49)15-17-50(58)61(55)21-10-6-9-14-56(63)64/h5,7-8,12-13,15-18,40-43H,6,9-11,14,19-39H2,1-4H3,(H5-,63,64,65,66,67,68,69,70,71,72,73,74,75,76,77,78,79). The molecule has 0 radical (unpaired) electrons. The molecule has 0 bridgehead atoms. The quantitative estimate of drug-likeness (QED) is 0.0149. The molecule has 0 saturated carbocycles. The van der Waals surface area contributed by atoms with Crippen LogP contribution in [0.4, 0.5) is 11.4 Å². The fraction of sp³-hybridized carbons (Fsp3) is 0.533. The van der Waals surface area contributed by atoms with Gasteiger partial charge < -0.3 is 57.2 Å². The van der Waals surface area contributed by atoms with Crippen LogP contribution in [0.5, 0.6) is 0 Å². The molecular weight excluding hydrogens is 1320 g/mol. The van der Waals surface area contributed by atoms with Gasteiger partial charge in [-0.05, 0) is 110 Å². The van der Waals surface area contributed by atoms with Crippen LogP contribution in [-0.2, 0) is 109 Å². The number of anilines is 1. The summed E-state index contributed by atoms with van der Waals surface area (Å²) in [5.41, 5.74) is -0.164. The largest absolute Gasteiger partial charge is 0.744 e. The predicted octanol–water partition coefficient (Wildman–Crippen LogP) is 5.88. The zero-order chi connectivity index (χ0) is 68.3. The minimum absolute atomic E-state index is 0.0163. The molecule has 4 aromatic carbocycles. The molecule has 4 aromatic rings. The van der Waals surface area contributed by atoms with Gasteiger partial charge in [-0.15, -0.1) is 0 Å². The number of nitrogens with zero attached hydrogens (tertiary/aromatic N) is 2. The SMILES string of the molecule is COCCOCCOCCOCCOCC[N+]1=C(/C=C/C=C/C=C2/N(CCCCCC(=O)O)c3ccc4c(S(=O)(=O)[O-])cc(S(=O)(=O)O)cc4c3C2(C)CCOCCOCCOCCOC)C(C)(CCCS(=O)(=O)O)c2c1ccc1c(S(=O)(=O)O)cc(S(=O)(=O)O)cc21. The molecule has 2 atom stereocenters. The van der Waals surface area contributed by atoms with E-state index in [2.05, 4.69) is 0 Å². The summed E-state index contributed by atoms with van der Waals surface area (Å²) in [6.07, 6.45) is 9.28. The number of methoxy groups -OCH3 is 2. The fourth-order valence-electron chi connectivity index (χ4n) is 11.4. The van der Waals surface area contributed by atoms with Gasteiger partial charge in [-0.3, -0.25) is 23.0 Å². The van der Waals surface area contributed by atoms with E-state index in [1.165, 1.54) is 18.2 Å². The third-order valence-electron chi connectivity index (χ3n) is 15.6. The van der Waals surface area contributed by atoms with Crippen LogP contribution in [0.2, 0.25) is 0 Å². The number of carbonyl (C=O) groups is 1. The van der Waals surface area contributed by atoms with Gasteiger partial charge in [0.05, 0.1) is 118 Å². The third kappa shape index (κ3) is 21.4. The number of fused-ring (bicyclic) bond motifs is 6. The summed E-state index contributed by atoms with van der Waals surface area (Å²) in [7, 11) is -22.3. The number of unbranched alkanes of at least 4 members (excludes halogenated alkanes) is 2. The Kier molecular flexibility index (Phi) is 28.6. The first-order valence-electron chi connectivity index (χ1n) is 29.7. The summed E-state index contributed by atoms with van der Waals surface area (Å²) in [4.78, 5) is 9.96. The molecule has 0 amide bonds. The maximum Gasteiger partial charge on any atom is 0.303 e. The molecule has 0 aromatic heterocycles. The molecule has 0 spiro atoms. The fourth-order valence-corrected chi connectivity index (χ4v) is 14.6. The smallest absolute Gasteiger partial charge is 0.303 e. The zero-order valence-corrected chi connectivity index (χ0v) is 56.2. The molecule has 2 aliphatic heterocycles. The molecule has 5 N–H and O–H groups in total. The van der Waals surface area contributed by atoms with Crippen molar-refractivity contribution in [1.82, 2.24) is 0 Å². The normalized spacial score (nSPS) is 17.8. The molecule has 0 aliphatic carbocycles. The minimum atomic E-state index is -5.38. The molecular formula is C60H82N2O26S5. The van der Waals surface area contributed by atoms with Crippen molar-refractivity contribution in [2.75, 3.05) is 144 Å². The van der Waals surface area contributed by atoms with Gasteiger partial charge in [0.1, 0.15) is 21.6 Å². The van der Waals surface area contributed by atoms with Gasteiger partial charge in [0.15, 0.2) is 12.3 Å². The Hall–Kier alpha value is -5.25. The topological polar surface area (TPSA) is 401 Å². The molecule has 2 heterocycles. The van der Waals surface area contributed by atoms with Gasteiger partial charge >= 0.3 is 5.97 Å². The molecule has 93 heavy (non-hydrogen) atoms. The third-order valence-corrected chi connectivity index (χ3v) is 19.9. The molecule has 33 heteroatoms. The van der Waals surface area contributed by atoms with E-state index in [0.29, 0.717) is 106 Å². The second kappa shape index (κ2) is 34.6. The van der Waals surface area contributed by atoms with Crippen LogP contribution in [0.15, 0.2) is 104 Å². The number of hydrogen-bond donors (Lipinski definition) is 5. The highest BCUT2D eigenvalue weighted by Gasteiger charge is 2.49. The van der Waals surface area contributed by atoms with Gasteiger partial charge in [0, 0.05) is 73.7 Å². The first-order chi connectivity index (χ1) is 43.9. The van der Waals surface area contributed by atoms with Crippen LogP contribution in [-0.4, -0.2) is 225 Å². The van der Waals surface area contributed by atoms with Gasteiger partial charge in [-0.2, -0.15) is 38.2 Å². The van der Waals surface area contributed by atoms with Crippen molar-refractivity contribution in [3.05, 3.63) is 95.7 Å². The number of benzene rings is 4. The Morgan fingerprint density at radius 2 is 1.03 bits per heavy atom. The van der Waals surface area contributed by atoms with E-state index in [1.807, 2.05) is 11.8 Å². The number of hydrogen-bond acceptors (Lipinski definition) is 22. The highest BCUT2D eigenvalue weighted by Crippen LogP contribution is 2.54. The van der Waals surface area contributed by atoms with Crippen LogP contribution in [0.1, 0.15) is 69.9 Å². The van der Waals surface area contributed by atoms with Crippen LogP contribution in [0, 0.1) is 0 Å². The lowest BCUT2D eigenvalue weighted by Crippen LogP contribution is -2.33. The van der Waals surface area contributed by atoms with E-state index in [1.54, 1.807) is 62.2 Å². The summed E-state index contributed by atoms with van der Waals surface area (Å²) in [5, 5.41) is 9.13. The summed E-state index contributed by atoms with van der Waals surface area (Å²) >= 11 is 0. The lowest BCUT2D eigenvalue weighted by Gasteiger charge is -2.31. The minimum Gasteiger partial charge on any atom is -0.744 e. The van der Waals surface area contributed by atoms with Crippen LogP contribution < -0.4 is 4.90 Å². The van der Waals surface area contributed by atoms with Gasteiger partial charge in [0.25, 0.3) is 40.5 Å². The number of aliphatic carboxylic acids is 1. The van der Waals surface area contributed by atoms with Crippen LogP contribution >= 0.6 is 0 Å². The number of rotatable bonds is 44. The van der Waals surface area contributed by atoms with Crippen molar-refractivity contribution in [2.24, 2.45) is 0 Å². The molecule has 2 aliphatic rings. The molecule has 518 valence electrons. The van der Waals surface area contributed by atoms with Gasteiger partial charge in [-0.1, -0.05) is 30.7 Å². The lowest BCUT2D eigenvalue weighted by atomic mass is 9.74. The van der Waals surface area contributed by atoms with E-state index < -0.39 is 92.7 Å². The highest BCUT2D eigenvalue weighted by atomic mass is 32.2. The number of carboxylic acids is 1. The van der Waals surface area contributed by atoms with Crippen molar-refractivity contribution in [3.63, 3.8) is 0 Å². The molecule has 2 unspecified atom stereocenters. The van der Waals surface area contributed by atoms with Crippen molar-refractivity contribution >= 4 is 95.2 Å². The van der Waals surface area contributed by atoms with Crippen LogP contribution in [0.3, 0.4) is 0 Å². The summed E-state index contributed by atoms with van der Waals surface area (Å²) < 4.78 is 233. The second-order valence-electron chi connectivity index (χ2n) is 22.1. The highest BCUT2D eigenvalue weighted by molar-refractivity contribution is 7.87. The van der Waals surface area contributed by atoms with E-state index in [0.717, 1.165) is 12.1 Å². The van der Waals surface area contributed by atoms with Gasteiger partial charge in [-0.25, -0.2) is 8.42 Å². The first-order valence-corrected chi connectivity index (χ1v) is 37.0. The van der Waals surface area contributed by atoms with Crippen molar-refractivity contribution in [3.8, 4) is 0 Å². The number of ether oxygens (including phenoxy) is 9. The summed E-state index contributed by atoms with van der Waals surface area (Å²) in [6, 6.07) is 9.20. The van der Waals surface area contributed by atoms with E-state index in [4.69, 9.17) is 42.6 Å². The molecule has 6 rings (SSSR count).